The maximum Gasteiger partial charge on any atom is 0.131 e. The summed E-state index contributed by atoms with van der Waals surface area (Å²) in [5, 5.41) is 3.24. The van der Waals surface area contributed by atoms with Gasteiger partial charge in [0.2, 0.25) is 0 Å². The van der Waals surface area contributed by atoms with Crippen molar-refractivity contribution >= 4 is 5.82 Å². The van der Waals surface area contributed by atoms with Crippen LogP contribution in [0.2, 0.25) is 0 Å². The van der Waals surface area contributed by atoms with Crippen LogP contribution < -0.4 is 5.32 Å². The van der Waals surface area contributed by atoms with Gasteiger partial charge in [0.25, 0.3) is 0 Å². The Labute approximate surface area is 128 Å². The Morgan fingerprint density at radius 3 is 2.50 bits per heavy atom. The molecule has 3 nitrogen and oxygen atoms in total. The van der Waals surface area contributed by atoms with Crippen molar-refractivity contribution in [2.75, 3.05) is 11.9 Å². The molecule has 0 radical (unpaired) electrons. The number of nitrogens with one attached hydrogen (secondary N) is 1. The number of nitrogens with zero attached hydrogens (tertiary/aromatic N) is 2. The normalized spacial score (nSPS) is 10.4. The third-order valence-corrected chi connectivity index (χ3v) is 3.36. The standard InChI is InChI=1S/C18H16FN3/c19-17-7-2-1-6-16(17)14-8-9-18(22-13-14)21-12-10-15-5-3-4-11-20-15/h1-9,11,13H,10,12H2,(H,21,22). The van der Waals surface area contributed by atoms with Gasteiger partial charge in [0.1, 0.15) is 11.6 Å². The average Bonchev–Trinajstić information content (AvgIpc) is 2.57. The molecule has 0 spiro atoms. The number of halogens is 1. The second-order valence-electron chi connectivity index (χ2n) is 4.91. The Hall–Kier alpha value is -2.75. The highest BCUT2D eigenvalue weighted by molar-refractivity contribution is 5.64. The molecule has 2 heterocycles. The quantitative estimate of drug-likeness (QED) is 0.774. The van der Waals surface area contributed by atoms with E-state index >= 15 is 0 Å². The summed E-state index contributed by atoms with van der Waals surface area (Å²) in [4.78, 5) is 8.60. The number of aromatic nitrogens is 2. The fourth-order valence-electron chi connectivity index (χ4n) is 2.22. The molecule has 2 aromatic heterocycles. The molecule has 22 heavy (non-hydrogen) atoms. The van der Waals surface area contributed by atoms with Crippen molar-refractivity contribution in [3.05, 3.63) is 78.5 Å². The molecule has 0 atom stereocenters. The van der Waals surface area contributed by atoms with E-state index in [4.69, 9.17) is 0 Å². The lowest BCUT2D eigenvalue weighted by atomic mass is 10.1. The zero-order valence-corrected chi connectivity index (χ0v) is 12.0. The van der Waals surface area contributed by atoms with Crippen molar-refractivity contribution in [2.45, 2.75) is 6.42 Å². The summed E-state index contributed by atoms with van der Waals surface area (Å²) < 4.78 is 13.7. The summed E-state index contributed by atoms with van der Waals surface area (Å²) in [7, 11) is 0. The zero-order chi connectivity index (χ0) is 15.2. The fraction of sp³-hybridized carbons (Fsp3) is 0.111. The molecule has 0 bridgehead atoms. The smallest absolute Gasteiger partial charge is 0.131 e. The van der Waals surface area contributed by atoms with Crippen LogP contribution in [0.15, 0.2) is 67.0 Å². The third-order valence-electron chi connectivity index (χ3n) is 3.36. The van der Waals surface area contributed by atoms with E-state index in [-0.39, 0.29) is 5.82 Å². The van der Waals surface area contributed by atoms with E-state index in [0.717, 1.165) is 30.0 Å². The average molecular weight is 293 g/mol. The molecule has 4 heteroatoms. The highest BCUT2D eigenvalue weighted by Crippen LogP contribution is 2.22. The molecule has 0 aliphatic rings. The second-order valence-corrected chi connectivity index (χ2v) is 4.91. The highest BCUT2D eigenvalue weighted by Gasteiger charge is 2.04. The van der Waals surface area contributed by atoms with Crippen LogP contribution in [0.4, 0.5) is 10.2 Å². The van der Waals surface area contributed by atoms with Gasteiger partial charge in [-0.25, -0.2) is 9.37 Å². The Morgan fingerprint density at radius 1 is 0.909 bits per heavy atom. The van der Waals surface area contributed by atoms with Crippen molar-refractivity contribution in [1.82, 2.24) is 9.97 Å². The molecule has 1 N–H and O–H groups in total. The molecule has 0 fully saturated rings. The first-order chi connectivity index (χ1) is 10.8. The van der Waals surface area contributed by atoms with Crippen molar-refractivity contribution in [3.8, 4) is 11.1 Å². The monoisotopic (exact) mass is 293 g/mol. The van der Waals surface area contributed by atoms with Crippen molar-refractivity contribution in [3.63, 3.8) is 0 Å². The van der Waals surface area contributed by atoms with E-state index in [1.54, 1.807) is 24.5 Å². The van der Waals surface area contributed by atoms with Gasteiger partial charge in [-0.3, -0.25) is 4.98 Å². The van der Waals surface area contributed by atoms with Crippen LogP contribution in [0.1, 0.15) is 5.69 Å². The number of rotatable bonds is 5. The summed E-state index contributed by atoms with van der Waals surface area (Å²) in [5.41, 5.74) is 2.38. The third kappa shape index (κ3) is 3.47. The largest absolute Gasteiger partial charge is 0.370 e. The molecular formula is C18H16FN3. The lowest BCUT2D eigenvalue weighted by Crippen LogP contribution is -2.07. The minimum absolute atomic E-state index is 0.236. The predicted octanol–water partition coefficient (Wildman–Crippen LogP) is 3.94. The van der Waals surface area contributed by atoms with E-state index in [1.807, 2.05) is 36.4 Å². The van der Waals surface area contributed by atoms with Crippen molar-refractivity contribution < 1.29 is 4.39 Å². The highest BCUT2D eigenvalue weighted by atomic mass is 19.1. The van der Waals surface area contributed by atoms with E-state index < -0.39 is 0 Å². The SMILES string of the molecule is Fc1ccccc1-c1ccc(NCCc2ccccn2)nc1. The van der Waals surface area contributed by atoms with Gasteiger partial charge in [0.05, 0.1) is 0 Å². The van der Waals surface area contributed by atoms with Crippen molar-refractivity contribution in [1.29, 1.82) is 0 Å². The van der Waals surface area contributed by atoms with E-state index in [2.05, 4.69) is 15.3 Å². The van der Waals surface area contributed by atoms with Crippen LogP contribution in [-0.4, -0.2) is 16.5 Å². The van der Waals surface area contributed by atoms with Gasteiger partial charge in [0.15, 0.2) is 0 Å². The molecule has 0 saturated carbocycles. The molecule has 1 aromatic carbocycles. The van der Waals surface area contributed by atoms with Gasteiger partial charge in [-0.2, -0.15) is 0 Å². The summed E-state index contributed by atoms with van der Waals surface area (Å²) in [5.74, 6) is 0.538. The first-order valence-electron chi connectivity index (χ1n) is 7.18. The summed E-state index contributed by atoms with van der Waals surface area (Å²) in [6.45, 7) is 0.753. The van der Waals surface area contributed by atoms with Gasteiger partial charge in [-0.05, 0) is 30.3 Å². The molecule has 0 amide bonds. The topological polar surface area (TPSA) is 37.8 Å². The van der Waals surface area contributed by atoms with Crippen LogP contribution in [0, 0.1) is 5.82 Å². The Balaban J connectivity index is 1.61. The van der Waals surface area contributed by atoms with Gasteiger partial charge in [-0.15, -0.1) is 0 Å². The minimum atomic E-state index is -0.236. The second kappa shape index (κ2) is 6.80. The molecule has 0 saturated heterocycles. The van der Waals surface area contributed by atoms with E-state index in [9.17, 15) is 4.39 Å². The lowest BCUT2D eigenvalue weighted by Gasteiger charge is -2.07. The van der Waals surface area contributed by atoms with E-state index in [1.165, 1.54) is 6.07 Å². The molecule has 3 rings (SSSR count). The summed E-state index contributed by atoms with van der Waals surface area (Å²) in [6, 6.07) is 16.3. The molecule has 0 aliphatic carbocycles. The number of hydrogen-bond acceptors (Lipinski definition) is 3. The van der Waals surface area contributed by atoms with Crippen LogP contribution in [0.25, 0.3) is 11.1 Å². The van der Waals surface area contributed by atoms with Crippen LogP contribution in [-0.2, 0) is 6.42 Å². The number of anilines is 1. The lowest BCUT2D eigenvalue weighted by molar-refractivity contribution is 0.631. The number of pyridine rings is 2. The maximum atomic E-state index is 13.7. The Kier molecular flexibility index (Phi) is 4.39. The molecular weight excluding hydrogens is 277 g/mol. The Morgan fingerprint density at radius 2 is 1.77 bits per heavy atom. The van der Waals surface area contributed by atoms with Gasteiger partial charge in [-0.1, -0.05) is 24.3 Å². The van der Waals surface area contributed by atoms with Crippen LogP contribution in [0.5, 0.6) is 0 Å². The van der Waals surface area contributed by atoms with Gasteiger partial charge < -0.3 is 5.32 Å². The maximum absolute atomic E-state index is 13.7. The van der Waals surface area contributed by atoms with Crippen LogP contribution >= 0.6 is 0 Å². The predicted molar refractivity (Wildman–Crippen MR) is 86.1 cm³/mol. The summed E-state index contributed by atoms with van der Waals surface area (Å²) >= 11 is 0. The molecule has 0 unspecified atom stereocenters. The van der Waals surface area contributed by atoms with E-state index in [0.29, 0.717) is 5.56 Å². The first-order valence-corrected chi connectivity index (χ1v) is 7.18. The fourth-order valence-corrected chi connectivity index (χ4v) is 2.22. The first kappa shape index (κ1) is 14.2. The van der Waals surface area contributed by atoms with Gasteiger partial charge >= 0.3 is 0 Å². The van der Waals surface area contributed by atoms with Gasteiger partial charge in [0, 0.05) is 42.2 Å². The molecule has 3 aromatic rings. The Bertz CT molecular complexity index is 727. The minimum Gasteiger partial charge on any atom is -0.370 e. The number of hydrogen-bond donors (Lipinski definition) is 1. The van der Waals surface area contributed by atoms with Crippen LogP contribution in [0.3, 0.4) is 0 Å². The number of benzene rings is 1. The molecule has 110 valence electrons. The molecule has 0 aliphatic heterocycles. The summed E-state index contributed by atoms with van der Waals surface area (Å²) in [6.07, 6.45) is 4.30. The zero-order valence-electron chi connectivity index (χ0n) is 12.0. The van der Waals surface area contributed by atoms with Crippen molar-refractivity contribution in [2.24, 2.45) is 0 Å².